The lowest BCUT2D eigenvalue weighted by molar-refractivity contribution is -0.0791. The highest BCUT2D eigenvalue weighted by Crippen LogP contribution is 2.43. The predicted molar refractivity (Wildman–Crippen MR) is 113 cm³/mol. The van der Waals surface area contributed by atoms with Crippen molar-refractivity contribution in [3.63, 3.8) is 0 Å². The van der Waals surface area contributed by atoms with E-state index in [1.165, 1.54) is 22.2 Å². The van der Waals surface area contributed by atoms with Crippen molar-refractivity contribution in [1.82, 2.24) is 14.9 Å². The van der Waals surface area contributed by atoms with Crippen molar-refractivity contribution in [3.05, 3.63) is 59.4 Å². The number of amides is 1. The molecule has 6 nitrogen and oxygen atoms in total. The number of aromatic amines is 1. The Morgan fingerprint density at radius 2 is 1.97 bits per heavy atom. The number of para-hydroxylation sites is 1. The number of hydrogen-bond donors (Lipinski definition) is 1. The Morgan fingerprint density at radius 1 is 1.17 bits per heavy atom. The summed E-state index contributed by atoms with van der Waals surface area (Å²) < 4.78 is 6.40. The first-order chi connectivity index (χ1) is 14.1. The quantitative estimate of drug-likeness (QED) is 0.729. The van der Waals surface area contributed by atoms with E-state index < -0.39 is 0 Å². The van der Waals surface area contributed by atoms with Crippen molar-refractivity contribution in [2.75, 3.05) is 38.7 Å². The fourth-order valence-corrected chi connectivity index (χ4v) is 4.72. The standard InChI is InChI=1S/C23H26N4O2/c1-26(2)22(28)16-7-8-20(24-15-16)27-12-10-23(11-13-27)21-18(9-14-29-23)17-5-3-4-6-19(17)25-21/h3-8,15,25H,9-14H2,1-2H3. The average Bonchev–Trinajstić information content (AvgIpc) is 3.14. The average molecular weight is 390 g/mol. The molecule has 0 bridgehead atoms. The zero-order valence-corrected chi connectivity index (χ0v) is 16.9. The van der Waals surface area contributed by atoms with Crippen LogP contribution >= 0.6 is 0 Å². The molecule has 2 aliphatic heterocycles. The summed E-state index contributed by atoms with van der Waals surface area (Å²) in [5.74, 6) is 0.895. The summed E-state index contributed by atoms with van der Waals surface area (Å²) in [6.07, 6.45) is 4.49. The van der Waals surface area contributed by atoms with Gasteiger partial charge in [0.05, 0.1) is 17.9 Å². The van der Waals surface area contributed by atoms with Gasteiger partial charge in [-0.25, -0.2) is 4.98 Å². The maximum atomic E-state index is 12.1. The van der Waals surface area contributed by atoms with Gasteiger partial charge in [0, 0.05) is 44.3 Å². The number of pyridine rings is 1. The fourth-order valence-electron chi connectivity index (χ4n) is 4.72. The van der Waals surface area contributed by atoms with Crippen molar-refractivity contribution >= 4 is 22.6 Å². The highest BCUT2D eigenvalue weighted by molar-refractivity contribution is 5.93. The molecule has 1 aromatic carbocycles. The minimum atomic E-state index is -0.232. The predicted octanol–water partition coefficient (Wildman–Crippen LogP) is 3.33. The van der Waals surface area contributed by atoms with Gasteiger partial charge in [-0.1, -0.05) is 18.2 Å². The monoisotopic (exact) mass is 390 g/mol. The van der Waals surface area contributed by atoms with Crippen LogP contribution in [0.3, 0.4) is 0 Å². The van der Waals surface area contributed by atoms with Crippen LogP contribution in [-0.2, 0) is 16.8 Å². The van der Waals surface area contributed by atoms with E-state index >= 15 is 0 Å². The fraction of sp³-hybridized carbons (Fsp3) is 0.391. The largest absolute Gasteiger partial charge is 0.368 e. The molecule has 1 N–H and O–H groups in total. The molecule has 6 heteroatoms. The minimum absolute atomic E-state index is 0.0245. The molecule has 0 aliphatic carbocycles. The van der Waals surface area contributed by atoms with Gasteiger partial charge in [-0.15, -0.1) is 0 Å². The number of carbonyl (C=O) groups excluding carboxylic acids is 1. The molecule has 2 aromatic heterocycles. The van der Waals surface area contributed by atoms with Gasteiger partial charge in [0.1, 0.15) is 11.4 Å². The van der Waals surface area contributed by atoms with Crippen LogP contribution in [0.2, 0.25) is 0 Å². The van der Waals surface area contributed by atoms with Gasteiger partial charge in [-0.05, 0) is 43.0 Å². The van der Waals surface area contributed by atoms with Crippen molar-refractivity contribution in [3.8, 4) is 0 Å². The molecule has 2 aliphatic rings. The third-order valence-electron chi connectivity index (χ3n) is 6.30. The number of anilines is 1. The molecule has 29 heavy (non-hydrogen) atoms. The van der Waals surface area contributed by atoms with Crippen molar-refractivity contribution in [1.29, 1.82) is 0 Å². The Labute approximate surface area is 170 Å². The number of nitrogens with one attached hydrogen (secondary N) is 1. The second-order valence-corrected chi connectivity index (χ2v) is 8.21. The van der Waals surface area contributed by atoms with Gasteiger partial charge < -0.3 is 19.5 Å². The Bertz CT molecular complexity index is 1050. The van der Waals surface area contributed by atoms with Crippen molar-refractivity contribution < 1.29 is 9.53 Å². The topological polar surface area (TPSA) is 61.5 Å². The smallest absolute Gasteiger partial charge is 0.254 e. The molecule has 1 spiro atoms. The number of benzene rings is 1. The van der Waals surface area contributed by atoms with Crippen LogP contribution in [0.25, 0.3) is 10.9 Å². The number of ether oxygens (including phenoxy) is 1. The Hall–Kier alpha value is -2.86. The van der Waals surface area contributed by atoms with E-state index in [1.807, 2.05) is 12.1 Å². The highest BCUT2D eigenvalue weighted by Gasteiger charge is 2.42. The SMILES string of the molecule is CN(C)C(=O)c1ccc(N2CCC3(CC2)OCCc2c3[nH]c3ccccc23)nc1. The van der Waals surface area contributed by atoms with Crippen LogP contribution in [0, 0.1) is 0 Å². The summed E-state index contributed by atoms with van der Waals surface area (Å²) in [6, 6.07) is 12.4. The maximum absolute atomic E-state index is 12.1. The van der Waals surface area contributed by atoms with Crippen LogP contribution in [0.1, 0.15) is 34.5 Å². The third-order valence-corrected chi connectivity index (χ3v) is 6.30. The molecule has 1 amide bonds. The van der Waals surface area contributed by atoms with Gasteiger partial charge >= 0.3 is 0 Å². The van der Waals surface area contributed by atoms with Crippen LogP contribution in [0.4, 0.5) is 5.82 Å². The third kappa shape index (κ3) is 2.99. The Morgan fingerprint density at radius 3 is 2.69 bits per heavy atom. The summed E-state index contributed by atoms with van der Waals surface area (Å²) in [4.78, 5) is 24.1. The first kappa shape index (κ1) is 18.2. The molecule has 3 aromatic rings. The molecular formula is C23H26N4O2. The van der Waals surface area contributed by atoms with Gasteiger partial charge in [0.15, 0.2) is 0 Å². The number of nitrogens with zero attached hydrogens (tertiary/aromatic N) is 3. The lowest BCUT2D eigenvalue weighted by atomic mass is 9.83. The molecule has 0 saturated carbocycles. The number of H-pyrrole nitrogens is 1. The first-order valence-corrected chi connectivity index (χ1v) is 10.2. The van der Waals surface area contributed by atoms with E-state index in [-0.39, 0.29) is 11.5 Å². The molecule has 0 radical (unpaired) electrons. The molecule has 150 valence electrons. The molecule has 0 atom stereocenters. The first-order valence-electron chi connectivity index (χ1n) is 10.2. The summed E-state index contributed by atoms with van der Waals surface area (Å²) in [5, 5.41) is 1.33. The molecule has 1 fully saturated rings. The van der Waals surface area contributed by atoms with Crippen LogP contribution in [0.5, 0.6) is 0 Å². The lowest BCUT2D eigenvalue weighted by Gasteiger charge is -2.44. The zero-order valence-electron chi connectivity index (χ0n) is 16.9. The van der Waals surface area contributed by atoms with Crippen molar-refractivity contribution in [2.45, 2.75) is 24.9 Å². The normalized spacial score (nSPS) is 18.1. The second kappa shape index (κ2) is 6.88. The molecule has 0 unspecified atom stereocenters. The van der Waals surface area contributed by atoms with E-state index in [2.05, 4.69) is 39.1 Å². The minimum Gasteiger partial charge on any atom is -0.368 e. The van der Waals surface area contributed by atoms with E-state index in [1.54, 1.807) is 25.2 Å². The van der Waals surface area contributed by atoms with E-state index in [0.29, 0.717) is 5.56 Å². The molecular weight excluding hydrogens is 364 g/mol. The summed E-state index contributed by atoms with van der Waals surface area (Å²) in [6.45, 7) is 2.53. The number of hydrogen-bond acceptors (Lipinski definition) is 4. The van der Waals surface area contributed by atoms with E-state index in [9.17, 15) is 4.79 Å². The molecule has 5 rings (SSSR count). The van der Waals surface area contributed by atoms with Gasteiger partial charge in [-0.3, -0.25) is 4.79 Å². The number of fused-ring (bicyclic) bond motifs is 4. The van der Waals surface area contributed by atoms with Gasteiger partial charge in [0.25, 0.3) is 5.91 Å². The lowest BCUT2D eigenvalue weighted by Crippen LogP contribution is -2.47. The summed E-state index contributed by atoms with van der Waals surface area (Å²) >= 11 is 0. The van der Waals surface area contributed by atoms with Crippen LogP contribution in [-0.4, -0.2) is 54.6 Å². The zero-order chi connectivity index (χ0) is 20.0. The van der Waals surface area contributed by atoms with Crippen LogP contribution < -0.4 is 4.90 Å². The van der Waals surface area contributed by atoms with Gasteiger partial charge in [-0.2, -0.15) is 0 Å². The summed E-state index contributed by atoms with van der Waals surface area (Å²) in [5.41, 5.74) is 4.27. The number of carbonyl (C=O) groups is 1. The number of rotatable bonds is 2. The van der Waals surface area contributed by atoms with E-state index in [4.69, 9.17) is 4.74 Å². The second-order valence-electron chi connectivity index (χ2n) is 8.21. The molecule has 1 saturated heterocycles. The Balaban J connectivity index is 1.37. The highest BCUT2D eigenvalue weighted by atomic mass is 16.5. The van der Waals surface area contributed by atoms with E-state index in [0.717, 1.165) is 44.8 Å². The number of aromatic nitrogens is 2. The molecule has 4 heterocycles. The van der Waals surface area contributed by atoms with Crippen molar-refractivity contribution in [2.24, 2.45) is 0 Å². The Kier molecular flexibility index (Phi) is 4.32. The maximum Gasteiger partial charge on any atom is 0.254 e. The van der Waals surface area contributed by atoms with Gasteiger partial charge in [0.2, 0.25) is 0 Å². The van der Waals surface area contributed by atoms with Crippen LogP contribution in [0.15, 0.2) is 42.6 Å². The number of piperidine rings is 1. The summed E-state index contributed by atoms with van der Waals surface area (Å²) in [7, 11) is 3.51.